The Labute approximate surface area is 198 Å². The summed E-state index contributed by atoms with van der Waals surface area (Å²) in [6.07, 6.45) is 0. The fraction of sp³-hybridized carbons (Fsp3) is 0.250. The van der Waals surface area contributed by atoms with Crippen LogP contribution in [0, 0.1) is 0 Å². The molecule has 1 heterocycles. The van der Waals surface area contributed by atoms with Gasteiger partial charge in [-0.1, -0.05) is 0 Å². The Morgan fingerprint density at radius 2 is 1.03 bits per heavy atom. The Bertz CT molecular complexity index is 1480. The van der Waals surface area contributed by atoms with E-state index in [1.807, 2.05) is 0 Å². The van der Waals surface area contributed by atoms with Gasteiger partial charge in [-0.2, -0.15) is 0 Å². The zero-order chi connectivity index (χ0) is 24.7. The van der Waals surface area contributed by atoms with Crippen LogP contribution in [-0.2, 0) is 36.1 Å². The quantitative estimate of drug-likeness (QED) is 0.290. The number of sulfone groups is 1. The summed E-state index contributed by atoms with van der Waals surface area (Å²) in [6, 6.07) is 3.91. The van der Waals surface area contributed by atoms with Gasteiger partial charge in [-0.25, -0.2) is 0 Å². The summed E-state index contributed by atoms with van der Waals surface area (Å²) in [7, 11) is -14.7. The summed E-state index contributed by atoms with van der Waals surface area (Å²) in [6.45, 7) is 0. The van der Waals surface area contributed by atoms with Gasteiger partial charge in [-0.05, 0) is 0 Å². The fourth-order valence-corrected chi connectivity index (χ4v) is 20.2. The standard InChI is InChI=1S/C12H6O8S4.4CH3.2O.2Sb/c13-22(14)7-3-1-5-9(23(15,16)17)11(7)21-12-8(22)4-2-6-10(12)24(18,19)20;;;;;;;;/h1-2,5-6H,(H,15,16,17)(H,18,19,20);4*1H3;;;;. The first-order chi connectivity index (χ1) is 14.2. The second-order valence-corrected chi connectivity index (χ2v) is 31.5. The molecule has 2 aromatic rings. The van der Waals surface area contributed by atoms with Crippen molar-refractivity contribution in [3.05, 3.63) is 24.3 Å². The van der Waals surface area contributed by atoms with E-state index in [9.17, 15) is 40.4 Å². The molecule has 32 heavy (non-hydrogen) atoms. The Balaban J connectivity index is 2.68. The number of benzene rings is 2. The van der Waals surface area contributed by atoms with Crippen LogP contribution < -0.4 is 7.02 Å². The van der Waals surface area contributed by atoms with Crippen molar-refractivity contribution in [1.82, 2.24) is 0 Å². The number of fused-ring (bicyclic) bond motifs is 2. The SMILES string of the molecule is [CH3][Sb]([CH3])(=[O])[c]1ccc(S(=O)(=O)O)c2c1S(=O)(=O)c1[c]([Sb]([CH3])([CH3])=[O])ccc(S(=O)(=O)O)c1S2. The molecule has 0 fully saturated rings. The van der Waals surface area contributed by atoms with Crippen molar-refractivity contribution in [3.8, 4) is 0 Å². The molecule has 0 saturated heterocycles. The van der Waals surface area contributed by atoms with Crippen molar-refractivity contribution in [1.29, 1.82) is 0 Å². The summed E-state index contributed by atoms with van der Waals surface area (Å²) >= 11 is -8.38. The molecular weight excluding hydrogens is 724 g/mol. The molecule has 10 nitrogen and oxygen atoms in total. The topological polar surface area (TPSA) is 177 Å². The van der Waals surface area contributed by atoms with E-state index in [0.29, 0.717) is 11.8 Å². The molecule has 176 valence electrons. The molecule has 3 rings (SSSR count). The van der Waals surface area contributed by atoms with E-state index in [1.165, 1.54) is 19.5 Å². The summed E-state index contributed by atoms with van der Waals surface area (Å²) in [5.41, 5.74) is 0. The molecular formula is C16H18O10S4Sb2. The molecule has 0 aliphatic carbocycles. The summed E-state index contributed by atoms with van der Waals surface area (Å²) in [4.78, 5) is 1.44. The van der Waals surface area contributed by atoms with Crippen LogP contribution in [-0.4, -0.2) is 71.9 Å². The molecule has 0 unspecified atom stereocenters. The Morgan fingerprint density at radius 3 is 1.28 bits per heavy atom. The molecule has 2 N–H and O–H groups in total. The molecule has 0 radical (unpaired) electrons. The van der Waals surface area contributed by atoms with Crippen LogP contribution in [0.4, 0.5) is 0 Å². The Kier molecular flexibility index (Phi) is 6.53. The van der Waals surface area contributed by atoms with Crippen LogP contribution in [0.25, 0.3) is 0 Å². The maximum atomic E-state index is 13.8. The number of rotatable bonds is 4. The van der Waals surface area contributed by atoms with Crippen LogP contribution in [0.5, 0.6) is 0 Å². The summed E-state index contributed by atoms with van der Waals surface area (Å²) < 4.78 is 121. The van der Waals surface area contributed by atoms with Gasteiger partial charge in [-0.15, -0.1) is 0 Å². The van der Waals surface area contributed by atoms with E-state index in [4.69, 9.17) is 0 Å². The first kappa shape index (κ1) is 26.4. The maximum absolute atomic E-state index is 13.8. The minimum atomic E-state index is -4.97. The predicted molar refractivity (Wildman–Crippen MR) is 118 cm³/mol. The van der Waals surface area contributed by atoms with Crippen molar-refractivity contribution in [3.63, 3.8) is 0 Å². The van der Waals surface area contributed by atoms with Gasteiger partial charge in [0, 0.05) is 0 Å². The fourth-order valence-electron chi connectivity index (χ4n) is 3.24. The van der Waals surface area contributed by atoms with Gasteiger partial charge in [0.1, 0.15) is 0 Å². The molecule has 0 atom stereocenters. The van der Waals surface area contributed by atoms with Gasteiger partial charge in [0.2, 0.25) is 0 Å². The molecule has 0 spiro atoms. The summed E-state index contributed by atoms with van der Waals surface area (Å²) in [5, 5.41) is 0. The molecule has 16 heteroatoms. The van der Waals surface area contributed by atoms with Crippen LogP contribution in [0.1, 0.15) is 0 Å². The first-order valence-corrected chi connectivity index (χ1v) is 28.5. The minimum absolute atomic E-state index is 0.120. The van der Waals surface area contributed by atoms with Gasteiger partial charge in [0.15, 0.2) is 0 Å². The molecule has 0 aromatic heterocycles. The van der Waals surface area contributed by atoms with Crippen LogP contribution in [0.15, 0.2) is 53.6 Å². The van der Waals surface area contributed by atoms with Crippen molar-refractivity contribution >= 4 is 86.4 Å². The van der Waals surface area contributed by atoms with E-state index in [0.717, 1.165) is 24.3 Å². The monoisotopic (exact) mass is 740 g/mol. The van der Waals surface area contributed by atoms with Gasteiger partial charge in [0.05, 0.1) is 0 Å². The van der Waals surface area contributed by atoms with E-state index >= 15 is 0 Å². The number of hydrogen-bond acceptors (Lipinski definition) is 9. The van der Waals surface area contributed by atoms with E-state index < -0.39 is 97.0 Å². The molecule has 0 saturated carbocycles. The van der Waals surface area contributed by atoms with E-state index in [2.05, 4.69) is 0 Å². The predicted octanol–water partition coefficient (Wildman–Crippen LogP) is 1.16. The Hall–Kier alpha value is -0.204. The average Bonchev–Trinajstić information content (AvgIpc) is 2.56. The van der Waals surface area contributed by atoms with E-state index in [-0.39, 0.29) is 7.02 Å². The molecule has 1 aliphatic heterocycles. The molecule has 0 amide bonds. The van der Waals surface area contributed by atoms with Crippen LogP contribution in [0.3, 0.4) is 0 Å². The number of hydrogen-bond donors (Lipinski definition) is 2. The third kappa shape index (κ3) is 4.54. The zero-order valence-corrected chi connectivity index (χ0v) is 25.4. The van der Waals surface area contributed by atoms with Gasteiger partial charge in [-0.3, -0.25) is 0 Å². The van der Waals surface area contributed by atoms with Gasteiger partial charge >= 0.3 is 200 Å². The van der Waals surface area contributed by atoms with Gasteiger partial charge in [0.25, 0.3) is 0 Å². The third-order valence-corrected chi connectivity index (χ3v) is 19.7. The van der Waals surface area contributed by atoms with Crippen molar-refractivity contribution < 1.29 is 40.4 Å². The molecule has 2 aromatic carbocycles. The van der Waals surface area contributed by atoms with E-state index in [1.54, 1.807) is 0 Å². The Morgan fingerprint density at radius 1 is 0.719 bits per heavy atom. The second-order valence-electron chi connectivity index (χ2n) is 7.74. The molecule has 0 bridgehead atoms. The van der Waals surface area contributed by atoms with Crippen LogP contribution >= 0.6 is 11.8 Å². The molecule has 1 aliphatic rings. The normalized spacial score (nSPS) is 16.3. The summed E-state index contributed by atoms with van der Waals surface area (Å²) in [5.74, 6) is 0. The second kappa shape index (κ2) is 7.91. The van der Waals surface area contributed by atoms with Crippen molar-refractivity contribution in [2.24, 2.45) is 0 Å². The zero-order valence-electron chi connectivity index (χ0n) is 17.0. The van der Waals surface area contributed by atoms with Crippen molar-refractivity contribution in [2.75, 3.05) is 0 Å². The average molecular weight is 742 g/mol. The van der Waals surface area contributed by atoms with Gasteiger partial charge < -0.3 is 0 Å². The van der Waals surface area contributed by atoms with Crippen LogP contribution in [0.2, 0.25) is 19.5 Å². The first-order valence-electron chi connectivity index (χ1n) is 8.51. The van der Waals surface area contributed by atoms with Crippen molar-refractivity contribution in [2.45, 2.75) is 48.9 Å². The third-order valence-electron chi connectivity index (χ3n) is 4.57.